The minimum Gasteiger partial charge on any atom is -0.495 e. The van der Waals surface area contributed by atoms with Crippen LogP contribution in [0.4, 0.5) is 5.00 Å². The molecule has 1 aromatic carbocycles. The van der Waals surface area contributed by atoms with Gasteiger partial charge in [0, 0.05) is 22.9 Å². The maximum absolute atomic E-state index is 12.6. The highest BCUT2D eigenvalue weighted by atomic mass is 35.5. The molecule has 2 aliphatic rings. The Labute approximate surface area is 149 Å². The molecule has 0 saturated heterocycles. The second-order valence-corrected chi connectivity index (χ2v) is 7.51. The average molecular weight is 361 g/mol. The smallest absolute Gasteiger partial charge is 0.255 e. The van der Waals surface area contributed by atoms with Crippen molar-refractivity contribution in [1.29, 1.82) is 0 Å². The average Bonchev–Trinajstić information content (AvgIpc) is 3.10. The van der Waals surface area contributed by atoms with Gasteiger partial charge in [0.15, 0.2) is 0 Å². The number of methoxy groups -OCH3 is 1. The fourth-order valence-corrected chi connectivity index (χ4v) is 5.01. The second kappa shape index (κ2) is 5.83. The van der Waals surface area contributed by atoms with Crippen LogP contribution in [0.15, 0.2) is 24.3 Å². The quantitative estimate of drug-likeness (QED) is 0.858. The Kier molecular flexibility index (Phi) is 3.77. The Morgan fingerprint density at radius 1 is 1.50 bits per heavy atom. The first-order chi connectivity index (χ1) is 11.6. The van der Waals surface area contributed by atoms with Crippen LogP contribution in [0.1, 0.15) is 45.1 Å². The molecular formula is C18H17ClN2O2S. The number of thiophene rings is 1. The number of carbonyl (C=O) groups excluding carboxylic acids is 1. The molecule has 3 N–H and O–H groups in total. The maximum Gasteiger partial charge on any atom is 0.255 e. The number of carbonyl (C=O) groups is 1. The van der Waals surface area contributed by atoms with Gasteiger partial charge in [0.1, 0.15) is 5.75 Å². The molecule has 0 aliphatic heterocycles. The van der Waals surface area contributed by atoms with E-state index in [0.717, 1.165) is 24.0 Å². The van der Waals surface area contributed by atoms with Gasteiger partial charge in [-0.25, -0.2) is 0 Å². The van der Waals surface area contributed by atoms with Crippen LogP contribution in [0.3, 0.4) is 0 Å². The van der Waals surface area contributed by atoms with Crippen molar-refractivity contribution >= 4 is 39.4 Å². The first kappa shape index (κ1) is 15.5. The van der Waals surface area contributed by atoms with E-state index in [4.69, 9.17) is 22.1 Å². The Hall–Kier alpha value is -1.98. The normalized spacial score (nSPS) is 17.6. The molecule has 2 aromatic rings. The molecule has 0 bridgehead atoms. The third-order valence-electron chi connectivity index (χ3n) is 4.66. The maximum atomic E-state index is 12.6. The van der Waals surface area contributed by atoms with Gasteiger partial charge in [0.25, 0.3) is 5.91 Å². The fraction of sp³-hybridized carbons (Fsp3) is 0.278. The molecule has 2 aliphatic carbocycles. The summed E-state index contributed by atoms with van der Waals surface area (Å²) in [5.41, 5.74) is 10.0. The van der Waals surface area contributed by atoms with Crippen LogP contribution in [0, 0.1) is 0 Å². The summed E-state index contributed by atoms with van der Waals surface area (Å²) in [5.74, 6) is 1.01. The van der Waals surface area contributed by atoms with E-state index in [1.807, 2.05) is 6.07 Å². The number of allylic oxidation sites excluding steroid dienone is 2. The predicted molar refractivity (Wildman–Crippen MR) is 97.9 cm³/mol. The number of benzene rings is 1. The Morgan fingerprint density at radius 3 is 3.08 bits per heavy atom. The molecule has 4 rings (SSSR count). The fourth-order valence-electron chi connectivity index (χ4n) is 3.49. The summed E-state index contributed by atoms with van der Waals surface area (Å²) in [6.07, 6.45) is 4.47. The number of nitrogens with one attached hydrogen (secondary N) is 1. The van der Waals surface area contributed by atoms with E-state index in [2.05, 4.69) is 11.4 Å². The molecule has 0 fully saturated rings. The van der Waals surface area contributed by atoms with Gasteiger partial charge < -0.3 is 15.8 Å². The third kappa shape index (κ3) is 2.31. The molecule has 6 heteroatoms. The molecule has 1 amide bonds. The van der Waals surface area contributed by atoms with Gasteiger partial charge in [-0.2, -0.15) is 0 Å². The molecule has 24 heavy (non-hydrogen) atoms. The molecule has 1 heterocycles. The van der Waals surface area contributed by atoms with Gasteiger partial charge in [0.05, 0.1) is 22.7 Å². The summed E-state index contributed by atoms with van der Waals surface area (Å²) in [6.45, 7) is 0.398. The van der Waals surface area contributed by atoms with Crippen molar-refractivity contribution in [3.05, 3.63) is 50.9 Å². The number of amides is 1. The van der Waals surface area contributed by atoms with Crippen LogP contribution < -0.4 is 15.8 Å². The predicted octanol–water partition coefficient (Wildman–Crippen LogP) is 4.20. The lowest BCUT2D eigenvalue weighted by molar-refractivity contribution is 0.0951. The highest BCUT2D eigenvalue weighted by molar-refractivity contribution is 7.17. The van der Waals surface area contributed by atoms with Crippen molar-refractivity contribution in [2.45, 2.75) is 25.3 Å². The summed E-state index contributed by atoms with van der Waals surface area (Å²) < 4.78 is 5.14. The first-order valence-electron chi connectivity index (χ1n) is 7.83. The van der Waals surface area contributed by atoms with Gasteiger partial charge in [-0.1, -0.05) is 23.7 Å². The Morgan fingerprint density at radius 2 is 2.33 bits per heavy atom. The van der Waals surface area contributed by atoms with Crippen LogP contribution in [0.25, 0.3) is 5.57 Å². The molecular weight excluding hydrogens is 344 g/mol. The molecule has 1 aromatic heterocycles. The number of rotatable bonds is 4. The molecule has 0 spiro atoms. The van der Waals surface area contributed by atoms with E-state index in [0.29, 0.717) is 33.8 Å². The minimum atomic E-state index is -0.122. The van der Waals surface area contributed by atoms with Gasteiger partial charge in [0.2, 0.25) is 0 Å². The number of nitrogen functional groups attached to an aromatic ring is 1. The molecule has 1 atom stereocenters. The third-order valence-corrected chi connectivity index (χ3v) is 6.09. The number of hydrogen-bond donors (Lipinski definition) is 2. The van der Waals surface area contributed by atoms with E-state index >= 15 is 0 Å². The summed E-state index contributed by atoms with van der Waals surface area (Å²) in [4.78, 5) is 13.9. The molecule has 1 unspecified atom stereocenters. The highest BCUT2D eigenvalue weighted by Crippen LogP contribution is 2.58. The molecule has 0 saturated carbocycles. The van der Waals surface area contributed by atoms with Crippen LogP contribution in [-0.4, -0.2) is 13.0 Å². The summed E-state index contributed by atoms with van der Waals surface area (Å²) in [7, 11) is 1.57. The zero-order valence-corrected chi connectivity index (χ0v) is 14.8. The van der Waals surface area contributed by atoms with Crippen LogP contribution in [0.2, 0.25) is 5.02 Å². The summed E-state index contributed by atoms with van der Waals surface area (Å²) in [5, 5.41) is 4.09. The van der Waals surface area contributed by atoms with Crippen LogP contribution in [-0.2, 0) is 6.54 Å². The first-order valence-corrected chi connectivity index (χ1v) is 9.02. The highest BCUT2D eigenvalue weighted by Gasteiger charge is 2.41. The summed E-state index contributed by atoms with van der Waals surface area (Å²) >= 11 is 7.68. The minimum absolute atomic E-state index is 0.122. The van der Waals surface area contributed by atoms with Crippen molar-refractivity contribution in [1.82, 2.24) is 5.32 Å². The second-order valence-electron chi connectivity index (χ2n) is 6.02. The lowest BCUT2D eigenvalue weighted by Gasteiger charge is -2.26. The van der Waals surface area contributed by atoms with Gasteiger partial charge >= 0.3 is 0 Å². The Bertz CT molecular complexity index is 872. The van der Waals surface area contributed by atoms with Crippen molar-refractivity contribution in [2.24, 2.45) is 0 Å². The van der Waals surface area contributed by atoms with Crippen molar-refractivity contribution in [3.63, 3.8) is 0 Å². The summed E-state index contributed by atoms with van der Waals surface area (Å²) in [6, 6.07) is 5.48. The monoisotopic (exact) mass is 360 g/mol. The van der Waals surface area contributed by atoms with Crippen molar-refractivity contribution in [2.75, 3.05) is 12.8 Å². The molecule has 0 radical (unpaired) electrons. The van der Waals surface area contributed by atoms with Crippen LogP contribution >= 0.6 is 22.9 Å². The number of halogens is 1. The number of hydrogen-bond acceptors (Lipinski definition) is 4. The topological polar surface area (TPSA) is 64.3 Å². The standard InChI is InChI=1S/C18H17ClN2O2S/c1-23-13-6-5-9(7-12(13)19)8-21-18(22)15-14-10-3-2-4-11(10)16(14)24-17(15)20/h3,5-7,11H,2,4,8,20H2,1H3,(H,21,22). The van der Waals surface area contributed by atoms with E-state index in [1.54, 1.807) is 30.6 Å². The van der Waals surface area contributed by atoms with E-state index in [-0.39, 0.29) is 5.91 Å². The lowest BCUT2D eigenvalue weighted by atomic mass is 9.79. The van der Waals surface area contributed by atoms with Gasteiger partial charge in [-0.3, -0.25) is 4.79 Å². The largest absolute Gasteiger partial charge is 0.495 e. The number of ether oxygens (including phenoxy) is 1. The zero-order chi connectivity index (χ0) is 16.8. The molecule has 4 nitrogen and oxygen atoms in total. The van der Waals surface area contributed by atoms with E-state index in [1.165, 1.54) is 10.5 Å². The van der Waals surface area contributed by atoms with Gasteiger partial charge in [-0.15, -0.1) is 11.3 Å². The SMILES string of the molecule is COc1ccc(CNC(=O)c2c(N)sc3c2C2=CCCC23)cc1Cl. The van der Waals surface area contributed by atoms with Crippen molar-refractivity contribution in [3.8, 4) is 5.75 Å². The van der Waals surface area contributed by atoms with E-state index in [9.17, 15) is 4.79 Å². The van der Waals surface area contributed by atoms with E-state index < -0.39 is 0 Å². The Balaban J connectivity index is 1.52. The van der Waals surface area contributed by atoms with Gasteiger partial charge in [-0.05, 0) is 36.1 Å². The number of fused-ring (bicyclic) bond motifs is 4. The lowest BCUT2D eigenvalue weighted by Crippen LogP contribution is -2.25. The number of anilines is 1. The zero-order valence-electron chi connectivity index (χ0n) is 13.2. The van der Waals surface area contributed by atoms with Crippen molar-refractivity contribution < 1.29 is 9.53 Å². The number of nitrogens with two attached hydrogens (primary N) is 1. The van der Waals surface area contributed by atoms with Crippen LogP contribution in [0.5, 0.6) is 5.75 Å². The molecule has 124 valence electrons.